The van der Waals surface area contributed by atoms with Crippen LogP contribution in [0.25, 0.3) is 0 Å². The van der Waals surface area contributed by atoms with Gasteiger partial charge in [-0.3, -0.25) is 14.4 Å². The van der Waals surface area contributed by atoms with Gasteiger partial charge in [0.1, 0.15) is 15.8 Å². The van der Waals surface area contributed by atoms with Gasteiger partial charge in [-0.1, -0.05) is 39.4 Å². The van der Waals surface area contributed by atoms with Gasteiger partial charge in [0.05, 0.1) is 6.42 Å². The van der Waals surface area contributed by atoms with Crippen molar-refractivity contribution in [1.29, 1.82) is 0 Å². The lowest BCUT2D eigenvalue weighted by Crippen LogP contribution is -2.43. The Morgan fingerprint density at radius 3 is 2.59 bits per heavy atom. The predicted molar refractivity (Wildman–Crippen MR) is 119 cm³/mol. The Morgan fingerprint density at radius 2 is 1.94 bits per heavy atom. The number of Topliss-reactive ketones (excluding diaryl/α,β-unsaturated/α-hetero) is 1. The highest BCUT2D eigenvalue weighted by Gasteiger charge is 2.33. The molecule has 1 aliphatic rings. The number of aromatic nitrogens is 1. The molecule has 4 rings (SSSR count). The van der Waals surface area contributed by atoms with E-state index in [2.05, 4.69) is 20.9 Å². The molecule has 2 amide bonds. The second-order valence-electron chi connectivity index (χ2n) is 7.07. The topological polar surface area (TPSA) is 101 Å². The fraction of sp³-hybridized carbons (Fsp3) is 0.143. The van der Waals surface area contributed by atoms with E-state index in [4.69, 9.17) is 0 Å². The Kier molecular flexibility index (Phi) is 6.06. The van der Waals surface area contributed by atoms with E-state index >= 15 is 0 Å². The molecular formula is C21H14BrFN2O5S2. The van der Waals surface area contributed by atoms with Gasteiger partial charge >= 0.3 is 0 Å². The number of hydrogen-bond donors (Lipinski definition) is 0. The number of halogens is 2. The molecule has 0 saturated carbocycles. The average Bonchev–Trinajstić information content (AvgIpc) is 3.17. The number of nitrogens with zero attached hydrogens (tertiary/aromatic N) is 2. The maximum Gasteiger partial charge on any atom is 0.266 e. The van der Waals surface area contributed by atoms with Crippen LogP contribution in [-0.2, 0) is 32.3 Å². The van der Waals surface area contributed by atoms with E-state index in [9.17, 15) is 27.2 Å². The van der Waals surface area contributed by atoms with E-state index in [0.29, 0.717) is 32.5 Å². The lowest BCUT2D eigenvalue weighted by Gasteiger charge is -2.26. The fourth-order valence-electron chi connectivity index (χ4n) is 3.29. The summed E-state index contributed by atoms with van der Waals surface area (Å²) in [4.78, 5) is 42.7. The van der Waals surface area contributed by atoms with E-state index in [1.54, 1.807) is 18.2 Å². The number of fused-ring (bicyclic) bond motifs is 1. The molecule has 0 radical (unpaired) electrons. The molecule has 0 aliphatic carbocycles. The molecule has 0 saturated heterocycles. The summed E-state index contributed by atoms with van der Waals surface area (Å²) in [6.07, 6.45) is 1.16. The van der Waals surface area contributed by atoms with Gasteiger partial charge in [0.15, 0.2) is 20.8 Å². The standard InChI is InChI=1S/C21H14BrFN2O5S2/c22-14-3-2-13-8-19(27)25(21(28)16(13)9-14)18-5-1-12(10-24-18)7-15(26)11-32(29,30)20-6-4-17(23)31-20/h1-6,9-10H,7-8,11H2. The third kappa shape index (κ3) is 4.54. The molecule has 0 unspecified atom stereocenters. The van der Waals surface area contributed by atoms with Crippen molar-refractivity contribution in [2.45, 2.75) is 17.1 Å². The van der Waals surface area contributed by atoms with E-state index < -0.39 is 38.3 Å². The van der Waals surface area contributed by atoms with Crippen LogP contribution in [0.15, 0.2) is 57.3 Å². The van der Waals surface area contributed by atoms with E-state index in [1.165, 1.54) is 18.3 Å². The van der Waals surface area contributed by atoms with Gasteiger partial charge in [0.2, 0.25) is 5.91 Å². The van der Waals surface area contributed by atoms with Crippen molar-refractivity contribution in [3.05, 3.63) is 75.0 Å². The molecule has 1 aliphatic heterocycles. The molecule has 11 heteroatoms. The van der Waals surface area contributed by atoms with Crippen molar-refractivity contribution < 1.29 is 27.2 Å². The van der Waals surface area contributed by atoms with Crippen molar-refractivity contribution in [2.24, 2.45) is 0 Å². The highest BCUT2D eigenvalue weighted by atomic mass is 79.9. The third-order valence-electron chi connectivity index (χ3n) is 4.74. The van der Waals surface area contributed by atoms with E-state index in [0.717, 1.165) is 17.0 Å². The molecule has 0 spiro atoms. The first-order chi connectivity index (χ1) is 15.1. The zero-order chi connectivity index (χ0) is 23.0. The number of pyridine rings is 1. The molecule has 164 valence electrons. The van der Waals surface area contributed by atoms with Crippen LogP contribution in [-0.4, -0.2) is 36.8 Å². The number of imide groups is 1. The minimum Gasteiger partial charge on any atom is -0.298 e. The van der Waals surface area contributed by atoms with Crippen molar-refractivity contribution in [2.75, 3.05) is 10.7 Å². The number of anilines is 1. The molecule has 0 N–H and O–H groups in total. The maximum absolute atomic E-state index is 13.1. The maximum atomic E-state index is 13.1. The smallest absolute Gasteiger partial charge is 0.266 e. The van der Waals surface area contributed by atoms with Gasteiger partial charge in [-0.05, 0) is 41.5 Å². The van der Waals surface area contributed by atoms with Crippen molar-refractivity contribution in [1.82, 2.24) is 4.98 Å². The Morgan fingerprint density at radius 1 is 1.16 bits per heavy atom. The number of benzene rings is 1. The number of rotatable bonds is 6. The number of ketones is 1. The largest absolute Gasteiger partial charge is 0.298 e. The SMILES string of the molecule is O=C(Cc1ccc(N2C(=O)Cc3ccc(Br)cc3C2=O)nc1)CS(=O)(=O)c1ccc(F)s1. The molecule has 32 heavy (non-hydrogen) atoms. The number of thiophene rings is 1. The van der Waals surface area contributed by atoms with Crippen molar-refractivity contribution >= 4 is 60.5 Å². The number of sulfone groups is 1. The van der Waals surface area contributed by atoms with Gasteiger partial charge in [-0.25, -0.2) is 18.3 Å². The number of amides is 2. The summed E-state index contributed by atoms with van der Waals surface area (Å²) < 4.78 is 38.1. The van der Waals surface area contributed by atoms with Crippen LogP contribution in [0.2, 0.25) is 0 Å². The van der Waals surface area contributed by atoms with Gasteiger partial charge in [0, 0.05) is 22.7 Å². The quantitative estimate of drug-likeness (QED) is 0.447. The van der Waals surface area contributed by atoms with Crippen LogP contribution in [0, 0.1) is 5.13 Å². The molecule has 2 aromatic heterocycles. The third-order valence-corrected chi connectivity index (χ3v) is 8.37. The summed E-state index contributed by atoms with van der Waals surface area (Å²) in [6.45, 7) is 0. The summed E-state index contributed by atoms with van der Waals surface area (Å²) in [5.74, 6) is -2.15. The van der Waals surface area contributed by atoms with Crippen LogP contribution in [0.3, 0.4) is 0 Å². The molecular weight excluding hydrogens is 523 g/mol. The van der Waals surface area contributed by atoms with Gasteiger partial charge in [-0.2, -0.15) is 4.39 Å². The number of carbonyl (C=O) groups is 3. The van der Waals surface area contributed by atoms with Gasteiger partial charge in [0.25, 0.3) is 5.91 Å². The summed E-state index contributed by atoms with van der Waals surface area (Å²) in [5, 5.41) is -0.646. The summed E-state index contributed by atoms with van der Waals surface area (Å²) >= 11 is 3.78. The first-order valence-electron chi connectivity index (χ1n) is 9.24. The zero-order valence-electron chi connectivity index (χ0n) is 16.2. The Bertz CT molecular complexity index is 1350. The van der Waals surface area contributed by atoms with Crippen LogP contribution in [0.4, 0.5) is 10.2 Å². The number of hydrogen-bond acceptors (Lipinski definition) is 7. The Balaban J connectivity index is 1.48. The lowest BCUT2D eigenvalue weighted by molar-refractivity contribution is -0.118. The second-order valence-corrected chi connectivity index (χ2v) is 11.2. The van der Waals surface area contributed by atoms with Crippen LogP contribution < -0.4 is 4.90 Å². The van der Waals surface area contributed by atoms with Crippen LogP contribution in [0.5, 0.6) is 0 Å². The van der Waals surface area contributed by atoms with Crippen molar-refractivity contribution in [3.8, 4) is 0 Å². The highest BCUT2D eigenvalue weighted by molar-refractivity contribution is 9.10. The normalized spacial score (nSPS) is 13.9. The number of carbonyl (C=O) groups excluding carboxylic acids is 3. The monoisotopic (exact) mass is 536 g/mol. The molecule has 3 heterocycles. The molecule has 7 nitrogen and oxygen atoms in total. The Labute approximate surface area is 194 Å². The van der Waals surface area contributed by atoms with Crippen LogP contribution >= 0.6 is 27.3 Å². The lowest BCUT2D eigenvalue weighted by atomic mass is 9.98. The minimum atomic E-state index is -3.92. The molecule has 3 aromatic rings. The zero-order valence-corrected chi connectivity index (χ0v) is 19.5. The second kappa shape index (κ2) is 8.64. The highest BCUT2D eigenvalue weighted by Crippen LogP contribution is 2.27. The first kappa shape index (κ1) is 22.4. The van der Waals surface area contributed by atoms with E-state index in [1.807, 2.05) is 0 Å². The van der Waals surface area contributed by atoms with E-state index in [-0.39, 0.29) is 22.9 Å². The average molecular weight is 537 g/mol. The fourth-order valence-corrected chi connectivity index (χ4v) is 5.98. The summed E-state index contributed by atoms with van der Waals surface area (Å²) in [5.41, 5.74) is 1.45. The summed E-state index contributed by atoms with van der Waals surface area (Å²) in [6, 6.07) is 10.2. The van der Waals surface area contributed by atoms with Crippen LogP contribution in [0.1, 0.15) is 21.5 Å². The van der Waals surface area contributed by atoms with Gasteiger partial charge in [-0.15, -0.1) is 0 Å². The predicted octanol–water partition coefficient (Wildman–Crippen LogP) is 3.36. The van der Waals surface area contributed by atoms with Crippen molar-refractivity contribution in [3.63, 3.8) is 0 Å². The molecule has 0 bridgehead atoms. The summed E-state index contributed by atoms with van der Waals surface area (Å²) in [7, 11) is -3.92. The molecule has 0 atom stereocenters. The Hall–Kier alpha value is -2.76. The molecule has 0 fully saturated rings. The van der Waals surface area contributed by atoms with Gasteiger partial charge < -0.3 is 0 Å². The molecule has 1 aromatic carbocycles. The first-order valence-corrected chi connectivity index (χ1v) is 12.5. The minimum absolute atomic E-state index is 0.0530.